The maximum absolute atomic E-state index is 10.1. The van der Waals surface area contributed by atoms with Crippen LogP contribution in [0.5, 0.6) is 0 Å². The van der Waals surface area contributed by atoms with Gasteiger partial charge in [-0.05, 0) is 23.6 Å². The summed E-state index contributed by atoms with van der Waals surface area (Å²) in [4.78, 5) is 0. The highest BCUT2D eigenvalue weighted by atomic mass is 16.3. The van der Waals surface area contributed by atoms with Crippen molar-refractivity contribution in [3.63, 3.8) is 0 Å². The zero-order chi connectivity index (χ0) is 10.7. The first-order valence-electron chi connectivity index (χ1n) is 5.11. The quantitative estimate of drug-likeness (QED) is 0.830. The van der Waals surface area contributed by atoms with Crippen LogP contribution in [0.15, 0.2) is 47.3 Å². The fourth-order valence-electron chi connectivity index (χ4n) is 1.73. The Balaban J connectivity index is 2.37. The zero-order valence-electron chi connectivity index (χ0n) is 8.68. The van der Waals surface area contributed by atoms with Gasteiger partial charge in [-0.25, -0.2) is 0 Å². The largest absolute Gasteiger partial charge is 0.472 e. The van der Waals surface area contributed by atoms with E-state index in [2.05, 4.69) is 6.92 Å². The SMILES string of the molecule is CCc1ccccc1[C@@H](O)c1ccoc1. The summed E-state index contributed by atoms with van der Waals surface area (Å²) in [6.07, 6.45) is 3.50. The molecule has 2 heteroatoms. The molecule has 0 aliphatic heterocycles. The number of rotatable bonds is 3. The minimum absolute atomic E-state index is 0.583. The third-order valence-corrected chi connectivity index (χ3v) is 2.59. The van der Waals surface area contributed by atoms with Crippen molar-refractivity contribution in [3.05, 3.63) is 59.5 Å². The van der Waals surface area contributed by atoms with E-state index in [-0.39, 0.29) is 0 Å². The number of aliphatic hydroxyl groups is 1. The summed E-state index contributed by atoms with van der Waals surface area (Å²) >= 11 is 0. The first kappa shape index (κ1) is 9.99. The van der Waals surface area contributed by atoms with Crippen molar-refractivity contribution in [1.82, 2.24) is 0 Å². The van der Waals surface area contributed by atoms with Gasteiger partial charge >= 0.3 is 0 Å². The molecule has 0 radical (unpaired) electrons. The molecule has 0 aliphatic rings. The lowest BCUT2D eigenvalue weighted by molar-refractivity contribution is 0.218. The van der Waals surface area contributed by atoms with Gasteiger partial charge in [-0.15, -0.1) is 0 Å². The first-order chi connectivity index (χ1) is 7.33. The topological polar surface area (TPSA) is 33.4 Å². The molecule has 2 rings (SSSR count). The summed E-state index contributed by atoms with van der Waals surface area (Å²) in [5.74, 6) is 0. The predicted octanol–water partition coefficient (Wildman–Crippen LogP) is 2.92. The molecule has 1 atom stereocenters. The van der Waals surface area contributed by atoms with Gasteiger partial charge in [0.1, 0.15) is 6.10 Å². The summed E-state index contributed by atoms with van der Waals surface area (Å²) in [7, 11) is 0. The van der Waals surface area contributed by atoms with Gasteiger partial charge in [-0.1, -0.05) is 31.2 Å². The Morgan fingerprint density at radius 1 is 1.27 bits per heavy atom. The summed E-state index contributed by atoms with van der Waals surface area (Å²) < 4.78 is 4.97. The van der Waals surface area contributed by atoms with Gasteiger partial charge in [0.05, 0.1) is 12.5 Å². The number of furan rings is 1. The fraction of sp³-hybridized carbons (Fsp3) is 0.231. The zero-order valence-corrected chi connectivity index (χ0v) is 8.68. The fourth-order valence-corrected chi connectivity index (χ4v) is 1.73. The molecule has 1 aromatic carbocycles. The second-order valence-corrected chi connectivity index (χ2v) is 3.51. The lowest BCUT2D eigenvalue weighted by atomic mass is 9.97. The molecule has 2 aromatic rings. The standard InChI is InChI=1S/C13H14O2/c1-2-10-5-3-4-6-12(10)13(14)11-7-8-15-9-11/h3-9,13-14H,2H2,1H3/t13-/m0/s1. The van der Waals surface area contributed by atoms with E-state index in [1.165, 1.54) is 5.56 Å². The Bertz CT molecular complexity index is 418. The molecule has 1 aromatic heterocycles. The first-order valence-corrected chi connectivity index (χ1v) is 5.11. The van der Waals surface area contributed by atoms with Crippen molar-refractivity contribution in [1.29, 1.82) is 0 Å². The molecule has 0 unspecified atom stereocenters. The molecular weight excluding hydrogens is 188 g/mol. The Morgan fingerprint density at radius 3 is 2.73 bits per heavy atom. The maximum Gasteiger partial charge on any atom is 0.107 e. The van der Waals surface area contributed by atoms with Gasteiger partial charge in [0, 0.05) is 5.56 Å². The summed E-state index contributed by atoms with van der Waals surface area (Å²) in [6.45, 7) is 2.08. The molecule has 0 spiro atoms. The third-order valence-electron chi connectivity index (χ3n) is 2.59. The minimum atomic E-state index is -0.583. The number of hydrogen-bond acceptors (Lipinski definition) is 2. The molecule has 1 N–H and O–H groups in total. The molecule has 0 saturated carbocycles. The maximum atomic E-state index is 10.1. The van der Waals surface area contributed by atoms with E-state index in [0.717, 1.165) is 17.5 Å². The Kier molecular flexibility index (Phi) is 2.88. The lowest BCUT2D eigenvalue weighted by Gasteiger charge is -2.12. The van der Waals surface area contributed by atoms with Gasteiger partial charge in [-0.2, -0.15) is 0 Å². The van der Waals surface area contributed by atoms with Gasteiger partial charge in [0.2, 0.25) is 0 Å². The van der Waals surface area contributed by atoms with E-state index < -0.39 is 6.10 Å². The van der Waals surface area contributed by atoms with Crippen LogP contribution in [-0.4, -0.2) is 5.11 Å². The molecule has 2 nitrogen and oxygen atoms in total. The predicted molar refractivity (Wildman–Crippen MR) is 58.6 cm³/mol. The van der Waals surface area contributed by atoms with E-state index in [4.69, 9.17) is 4.42 Å². The molecule has 1 heterocycles. The van der Waals surface area contributed by atoms with Crippen molar-refractivity contribution in [2.45, 2.75) is 19.4 Å². The average molecular weight is 202 g/mol. The van der Waals surface area contributed by atoms with Gasteiger partial charge in [0.25, 0.3) is 0 Å². The van der Waals surface area contributed by atoms with Crippen molar-refractivity contribution in [2.24, 2.45) is 0 Å². The monoisotopic (exact) mass is 202 g/mol. The molecule has 0 aliphatic carbocycles. The second kappa shape index (κ2) is 4.32. The highest BCUT2D eigenvalue weighted by molar-refractivity contribution is 5.34. The molecule has 15 heavy (non-hydrogen) atoms. The number of benzene rings is 1. The van der Waals surface area contributed by atoms with E-state index in [1.807, 2.05) is 24.3 Å². The Hall–Kier alpha value is -1.54. The van der Waals surface area contributed by atoms with Crippen molar-refractivity contribution < 1.29 is 9.52 Å². The van der Waals surface area contributed by atoms with E-state index in [0.29, 0.717) is 0 Å². The van der Waals surface area contributed by atoms with Crippen LogP contribution < -0.4 is 0 Å². The van der Waals surface area contributed by atoms with Crippen molar-refractivity contribution in [3.8, 4) is 0 Å². The normalized spacial score (nSPS) is 12.7. The average Bonchev–Trinajstić information content (AvgIpc) is 2.81. The smallest absolute Gasteiger partial charge is 0.107 e. The Morgan fingerprint density at radius 2 is 2.07 bits per heavy atom. The van der Waals surface area contributed by atoms with E-state index in [9.17, 15) is 5.11 Å². The molecule has 0 bridgehead atoms. The van der Waals surface area contributed by atoms with Crippen LogP contribution in [0.4, 0.5) is 0 Å². The van der Waals surface area contributed by atoms with Crippen LogP contribution in [0.2, 0.25) is 0 Å². The van der Waals surface area contributed by atoms with Crippen LogP contribution in [0, 0.1) is 0 Å². The number of hydrogen-bond donors (Lipinski definition) is 1. The Labute approximate surface area is 89.2 Å². The summed E-state index contributed by atoms with van der Waals surface area (Å²) in [6, 6.07) is 9.72. The molecule has 78 valence electrons. The van der Waals surface area contributed by atoms with Crippen LogP contribution in [-0.2, 0) is 6.42 Å². The van der Waals surface area contributed by atoms with Crippen LogP contribution in [0.25, 0.3) is 0 Å². The molecule has 0 amide bonds. The molecule has 0 saturated heterocycles. The molecular formula is C13H14O2. The summed E-state index contributed by atoms with van der Waals surface area (Å²) in [5, 5.41) is 10.1. The van der Waals surface area contributed by atoms with Crippen LogP contribution in [0.1, 0.15) is 29.7 Å². The van der Waals surface area contributed by atoms with E-state index >= 15 is 0 Å². The van der Waals surface area contributed by atoms with Crippen molar-refractivity contribution >= 4 is 0 Å². The second-order valence-electron chi connectivity index (χ2n) is 3.51. The number of aryl methyl sites for hydroxylation is 1. The van der Waals surface area contributed by atoms with Gasteiger partial charge in [0.15, 0.2) is 0 Å². The number of aliphatic hydroxyl groups excluding tert-OH is 1. The van der Waals surface area contributed by atoms with Crippen LogP contribution in [0.3, 0.4) is 0 Å². The van der Waals surface area contributed by atoms with Crippen molar-refractivity contribution in [2.75, 3.05) is 0 Å². The highest BCUT2D eigenvalue weighted by Gasteiger charge is 2.13. The van der Waals surface area contributed by atoms with Gasteiger partial charge in [-0.3, -0.25) is 0 Å². The van der Waals surface area contributed by atoms with Crippen LogP contribution >= 0.6 is 0 Å². The lowest BCUT2D eigenvalue weighted by Crippen LogP contribution is -2.01. The minimum Gasteiger partial charge on any atom is -0.472 e. The molecule has 0 fully saturated rings. The van der Waals surface area contributed by atoms with Gasteiger partial charge < -0.3 is 9.52 Å². The third kappa shape index (κ3) is 1.95. The van der Waals surface area contributed by atoms with E-state index in [1.54, 1.807) is 18.6 Å². The summed E-state index contributed by atoms with van der Waals surface area (Å²) in [5.41, 5.74) is 2.93. The highest BCUT2D eigenvalue weighted by Crippen LogP contribution is 2.25.